The Morgan fingerprint density at radius 1 is 1.17 bits per heavy atom. The topological polar surface area (TPSA) is 62.6 Å². The van der Waals surface area contributed by atoms with Gasteiger partial charge in [0.25, 0.3) is 0 Å². The van der Waals surface area contributed by atoms with Crippen molar-refractivity contribution in [3.63, 3.8) is 0 Å². The van der Waals surface area contributed by atoms with Gasteiger partial charge >= 0.3 is 0 Å². The highest BCUT2D eigenvalue weighted by molar-refractivity contribution is 5.80. The van der Waals surface area contributed by atoms with Gasteiger partial charge in [-0.3, -0.25) is 9.59 Å². The summed E-state index contributed by atoms with van der Waals surface area (Å²) < 4.78 is 5.56. The predicted octanol–water partition coefficient (Wildman–Crippen LogP) is 2.34. The van der Waals surface area contributed by atoms with Crippen molar-refractivity contribution < 1.29 is 14.0 Å². The Bertz CT molecular complexity index is 667. The Hall–Kier alpha value is -2.56. The number of hydrogen-bond acceptors (Lipinski definition) is 3. The summed E-state index contributed by atoms with van der Waals surface area (Å²) in [4.78, 5) is 25.9. The fraction of sp³-hybridized carbons (Fsp3) is 0.368. The minimum absolute atomic E-state index is 0.00168. The van der Waals surface area contributed by atoms with E-state index in [9.17, 15) is 9.59 Å². The number of nitrogens with zero attached hydrogens (tertiary/aromatic N) is 1. The maximum absolute atomic E-state index is 12.7. The maximum atomic E-state index is 12.7. The van der Waals surface area contributed by atoms with E-state index in [1.165, 1.54) is 5.56 Å². The zero-order valence-corrected chi connectivity index (χ0v) is 13.6. The first-order chi connectivity index (χ1) is 11.7. The molecule has 5 heteroatoms. The first-order valence-electron chi connectivity index (χ1n) is 8.34. The Balaban J connectivity index is 1.69. The van der Waals surface area contributed by atoms with Crippen LogP contribution in [0.3, 0.4) is 0 Å². The molecule has 0 bridgehead atoms. The van der Waals surface area contributed by atoms with Gasteiger partial charge in [-0.25, -0.2) is 0 Å². The van der Waals surface area contributed by atoms with Crippen LogP contribution in [0.25, 0.3) is 0 Å². The van der Waals surface area contributed by atoms with Gasteiger partial charge in [0.2, 0.25) is 11.8 Å². The van der Waals surface area contributed by atoms with E-state index in [-0.39, 0.29) is 17.7 Å². The van der Waals surface area contributed by atoms with E-state index in [1.807, 2.05) is 30.3 Å². The smallest absolute Gasteiger partial charge is 0.223 e. The zero-order valence-electron chi connectivity index (χ0n) is 13.6. The third kappa shape index (κ3) is 4.25. The Morgan fingerprint density at radius 2 is 2.00 bits per heavy atom. The molecule has 2 amide bonds. The van der Waals surface area contributed by atoms with Crippen molar-refractivity contribution in [3.05, 3.63) is 60.1 Å². The molecule has 1 aliphatic heterocycles. The summed E-state index contributed by atoms with van der Waals surface area (Å²) in [5.74, 6) is 0.916. The van der Waals surface area contributed by atoms with Crippen molar-refractivity contribution >= 4 is 11.8 Å². The summed E-state index contributed by atoms with van der Waals surface area (Å²) in [7, 11) is 0. The minimum Gasteiger partial charge on any atom is -0.469 e. The van der Waals surface area contributed by atoms with Gasteiger partial charge < -0.3 is 14.6 Å². The van der Waals surface area contributed by atoms with Crippen LogP contribution in [-0.2, 0) is 16.0 Å². The van der Waals surface area contributed by atoms with Crippen LogP contribution in [0.4, 0.5) is 0 Å². The SMILES string of the molecule is O=C1CCN(C(=O)C[C@H](Cc2ccccc2)c2ccco2)CCN1. The highest BCUT2D eigenvalue weighted by atomic mass is 16.3. The Kier molecular flexibility index (Phi) is 5.31. The molecule has 2 heterocycles. The molecule has 0 spiro atoms. The van der Waals surface area contributed by atoms with Crippen molar-refractivity contribution in [1.29, 1.82) is 0 Å². The normalized spacial score (nSPS) is 16.3. The van der Waals surface area contributed by atoms with E-state index in [4.69, 9.17) is 4.42 Å². The minimum atomic E-state index is 0.00168. The zero-order chi connectivity index (χ0) is 16.8. The number of carbonyl (C=O) groups excluding carboxylic acids is 2. The Morgan fingerprint density at radius 3 is 2.75 bits per heavy atom. The number of hydrogen-bond donors (Lipinski definition) is 1. The van der Waals surface area contributed by atoms with E-state index in [0.717, 1.165) is 12.2 Å². The number of amides is 2. The van der Waals surface area contributed by atoms with Crippen molar-refractivity contribution in [2.24, 2.45) is 0 Å². The molecule has 1 aromatic heterocycles. The van der Waals surface area contributed by atoms with Crippen molar-refractivity contribution in [2.45, 2.75) is 25.2 Å². The molecule has 1 N–H and O–H groups in total. The number of carbonyl (C=O) groups is 2. The molecule has 0 saturated carbocycles. The van der Waals surface area contributed by atoms with Crippen LogP contribution in [0.5, 0.6) is 0 Å². The van der Waals surface area contributed by atoms with Crippen molar-refractivity contribution in [3.8, 4) is 0 Å². The third-order valence-corrected chi connectivity index (χ3v) is 4.36. The molecule has 1 atom stereocenters. The van der Waals surface area contributed by atoms with Crippen LogP contribution in [-0.4, -0.2) is 36.3 Å². The molecule has 126 valence electrons. The fourth-order valence-corrected chi connectivity index (χ4v) is 3.05. The van der Waals surface area contributed by atoms with E-state index in [0.29, 0.717) is 32.5 Å². The largest absolute Gasteiger partial charge is 0.469 e. The van der Waals surface area contributed by atoms with Gasteiger partial charge in [-0.1, -0.05) is 30.3 Å². The second-order valence-electron chi connectivity index (χ2n) is 6.09. The molecule has 1 saturated heterocycles. The first kappa shape index (κ1) is 16.3. The van der Waals surface area contributed by atoms with E-state index in [2.05, 4.69) is 17.4 Å². The lowest BCUT2D eigenvalue weighted by Crippen LogP contribution is -2.35. The van der Waals surface area contributed by atoms with Crippen LogP contribution < -0.4 is 5.32 Å². The first-order valence-corrected chi connectivity index (χ1v) is 8.34. The molecule has 2 aromatic rings. The van der Waals surface area contributed by atoms with Crippen LogP contribution in [0.2, 0.25) is 0 Å². The highest BCUT2D eigenvalue weighted by Gasteiger charge is 2.24. The van der Waals surface area contributed by atoms with Gasteiger partial charge in [0.15, 0.2) is 0 Å². The molecular formula is C19H22N2O3. The summed E-state index contributed by atoms with van der Waals surface area (Å²) in [5.41, 5.74) is 1.18. The van der Waals surface area contributed by atoms with Crippen LogP contribution >= 0.6 is 0 Å². The van der Waals surface area contributed by atoms with E-state index < -0.39 is 0 Å². The van der Waals surface area contributed by atoms with Crippen molar-refractivity contribution in [2.75, 3.05) is 19.6 Å². The molecule has 3 rings (SSSR count). The molecule has 1 aliphatic rings. The summed E-state index contributed by atoms with van der Waals surface area (Å²) in [6.45, 7) is 1.58. The number of nitrogens with one attached hydrogen (secondary N) is 1. The van der Waals surface area contributed by atoms with Gasteiger partial charge in [-0.05, 0) is 24.1 Å². The molecule has 24 heavy (non-hydrogen) atoms. The van der Waals surface area contributed by atoms with Gasteiger partial charge in [-0.15, -0.1) is 0 Å². The van der Waals surface area contributed by atoms with Gasteiger partial charge in [0.1, 0.15) is 5.76 Å². The van der Waals surface area contributed by atoms with Crippen LogP contribution in [0.1, 0.15) is 30.1 Å². The van der Waals surface area contributed by atoms with Gasteiger partial charge in [0.05, 0.1) is 6.26 Å². The molecule has 1 fully saturated rings. The van der Waals surface area contributed by atoms with Gasteiger partial charge in [-0.2, -0.15) is 0 Å². The second kappa shape index (κ2) is 7.81. The van der Waals surface area contributed by atoms with Crippen molar-refractivity contribution in [1.82, 2.24) is 10.2 Å². The summed E-state index contributed by atoms with van der Waals surface area (Å²) in [6.07, 6.45) is 3.16. The van der Waals surface area contributed by atoms with Crippen LogP contribution in [0, 0.1) is 0 Å². The third-order valence-electron chi connectivity index (χ3n) is 4.36. The molecule has 0 unspecified atom stereocenters. The molecule has 0 radical (unpaired) electrons. The molecule has 5 nitrogen and oxygen atoms in total. The van der Waals surface area contributed by atoms with E-state index in [1.54, 1.807) is 11.2 Å². The monoisotopic (exact) mass is 326 g/mol. The number of benzene rings is 1. The summed E-state index contributed by atoms with van der Waals surface area (Å²) in [6, 6.07) is 13.9. The second-order valence-corrected chi connectivity index (χ2v) is 6.09. The van der Waals surface area contributed by atoms with E-state index >= 15 is 0 Å². The standard InChI is InChI=1S/C19H22N2O3/c22-18-8-10-21(11-9-20-18)19(23)14-16(17-7-4-12-24-17)13-15-5-2-1-3-6-15/h1-7,12,16H,8-11,13-14H2,(H,20,22)/t16-/m0/s1. The lowest BCUT2D eigenvalue weighted by Gasteiger charge is -2.22. The predicted molar refractivity (Wildman–Crippen MR) is 90.4 cm³/mol. The average molecular weight is 326 g/mol. The van der Waals surface area contributed by atoms with Gasteiger partial charge in [0, 0.05) is 38.4 Å². The number of furan rings is 1. The van der Waals surface area contributed by atoms with Crippen LogP contribution in [0.15, 0.2) is 53.1 Å². The Labute approximate surface area is 141 Å². The molecule has 0 aliphatic carbocycles. The highest BCUT2D eigenvalue weighted by Crippen LogP contribution is 2.26. The average Bonchev–Trinajstić information content (AvgIpc) is 3.04. The number of rotatable bonds is 5. The summed E-state index contributed by atoms with van der Waals surface area (Å²) in [5, 5.41) is 2.80. The quantitative estimate of drug-likeness (QED) is 0.917. The molecule has 1 aromatic carbocycles. The lowest BCUT2D eigenvalue weighted by molar-refractivity contribution is -0.131. The summed E-state index contributed by atoms with van der Waals surface area (Å²) >= 11 is 0. The lowest BCUT2D eigenvalue weighted by atomic mass is 9.93. The maximum Gasteiger partial charge on any atom is 0.223 e. The fourth-order valence-electron chi connectivity index (χ4n) is 3.05. The molecular weight excluding hydrogens is 304 g/mol.